The molecule has 0 aliphatic carbocycles. The monoisotopic (exact) mass is 462 g/mol. The van der Waals surface area contributed by atoms with Crippen LogP contribution in [0, 0.1) is 0 Å². The molecule has 2 rings (SSSR count). The predicted molar refractivity (Wildman–Crippen MR) is 120 cm³/mol. The largest absolute Gasteiger partial charge is 0.494 e. The number of rotatable bonds is 13. The molecule has 0 aromatic heterocycles. The van der Waals surface area contributed by atoms with Crippen LogP contribution in [-0.2, 0) is 9.53 Å². The summed E-state index contributed by atoms with van der Waals surface area (Å²) in [5.74, 6) is 0.238. The number of Topliss-reactive ketones (excluding diaryl/α,β-unsaturated/α-hetero) is 2. The van der Waals surface area contributed by atoms with E-state index in [2.05, 4.69) is 4.74 Å². The van der Waals surface area contributed by atoms with Crippen molar-refractivity contribution in [1.82, 2.24) is 0 Å². The Labute approximate surface area is 192 Å². The van der Waals surface area contributed by atoms with Crippen molar-refractivity contribution < 1.29 is 43.9 Å². The van der Waals surface area contributed by atoms with Crippen molar-refractivity contribution in [2.24, 2.45) is 0 Å². The lowest BCUT2D eigenvalue weighted by Crippen LogP contribution is -2.11. The van der Waals surface area contributed by atoms with Gasteiger partial charge < -0.3 is 29.5 Å². The molecule has 3 N–H and O–H groups in total. The number of ether oxygens (including phenoxy) is 3. The molecular formula is C24H30O9. The van der Waals surface area contributed by atoms with E-state index in [1.165, 1.54) is 6.92 Å². The number of hydrogen-bond acceptors (Lipinski definition) is 9. The molecule has 0 radical (unpaired) electrons. The van der Waals surface area contributed by atoms with Crippen LogP contribution in [0.3, 0.4) is 0 Å². The number of carbonyl (C=O) groups is 3. The van der Waals surface area contributed by atoms with Crippen LogP contribution in [0.5, 0.6) is 11.5 Å². The van der Waals surface area contributed by atoms with Gasteiger partial charge in [0.05, 0.1) is 13.2 Å². The molecule has 9 nitrogen and oxygen atoms in total. The maximum absolute atomic E-state index is 11.6. The van der Waals surface area contributed by atoms with Gasteiger partial charge in [-0.15, -0.1) is 0 Å². The van der Waals surface area contributed by atoms with Gasteiger partial charge in [-0.2, -0.15) is 0 Å². The summed E-state index contributed by atoms with van der Waals surface area (Å²) in [6.45, 7) is 1.58. The number of carbonyl (C=O) groups excluding carboxylic acids is 3. The summed E-state index contributed by atoms with van der Waals surface area (Å²) in [5, 5.41) is 25.8. The van der Waals surface area contributed by atoms with Gasteiger partial charge in [-0.1, -0.05) is 0 Å². The Bertz CT molecular complexity index is 845. The number of benzene rings is 2. The summed E-state index contributed by atoms with van der Waals surface area (Å²) < 4.78 is 15.2. The molecule has 2 aromatic carbocycles. The summed E-state index contributed by atoms with van der Waals surface area (Å²) in [5.41, 5.74) is 0.928. The second-order valence-corrected chi connectivity index (χ2v) is 6.68. The quantitative estimate of drug-likeness (QED) is 0.231. The van der Waals surface area contributed by atoms with Gasteiger partial charge in [0.25, 0.3) is 0 Å². The fourth-order valence-electron chi connectivity index (χ4n) is 2.33. The Balaban J connectivity index is 0.000000335. The summed E-state index contributed by atoms with van der Waals surface area (Å²) in [6.07, 6.45) is 1.14. The van der Waals surface area contributed by atoms with Gasteiger partial charge >= 0.3 is 5.97 Å². The van der Waals surface area contributed by atoms with Gasteiger partial charge in [0.15, 0.2) is 18.2 Å². The fraction of sp³-hybridized carbons (Fsp3) is 0.375. The zero-order valence-corrected chi connectivity index (χ0v) is 18.6. The van der Waals surface area contributed by atoms with Gasteiger partial charge in [-0.05, 0) is 48.5 Å². The zero-order chi connectivity index (χ0) is 24.5. The highest BCUT2D eigenvalue weighted by Gasteiger charge is 2.07. The van der Waals surface area contributed by atoms with Gasteiger partial charge in [0.2, 0.25) is 0 Å². The van der Waals surface area contributed by atoms with Crippen LogP contribution < -0.4 is 9.47 Å². The third-order valence-corrected chi connectivity index (χ3v) is 4.05. The standard InChI is InChI=1S/C13H16O5.C11H14O4/c1-10(15)18-9-13(16)11-3-5-12(6-4-11)17-8-2-7-14;12-6-1-7-15-10-4-2-9(3-5-10)11(14)8-13/h3-6,14H,2,7-9H2,1H3;2-5,12-13H,1,6-8H2. The first-order valence-electron chi connectivity index (χ1n) is 10.4. The molecule has 0 saturated heterocycles. The molecule has 0 aliphatic heterocycles. The van der Waals surface area contributed by atoms with Crippen LogP contribution >= 0.6 is 0 Å². The second kappa shape index (κ2) is 16.4. The molecule has 0 spiro atoms. The number of ketones is 2. The maximum Gasteiger partial charge on any atom is 0.303 e. The summed E-state index contributed by atoms with van der Waals surface area (Å²) in [6, 6.07) is 13.1. The van der Waals surface area contributed by atoms with Crippen molar-refractivity contribution in [2.75, 3.05) is 39.6 Å². The molecule has 33 heavy (non-hydrogen) atoms. The zero-order valence-electron chi connectivity index (χ0n) is 18.6. The van der Waals surface area contributed by atoms with Crippen molar-refractivity contribution in [2.45, 2.75) is 19.8 Å². The Morgan fingerprint density at radius 2 is 1.12 bits per heavy atom. The molecule has 180 valence electrons. The molecule has 0 heterocycles. The number of aliphatic hydroxyl groups is 3. The Morgan fingerprint density at radius 3 is 1.48 bits per heavy atom. The van der Waals surface area contributed by atoms with E-state index in [1.54, 1.807) is 48.5 Å². The van der Waals surface area contributed by atoms with E-state index in [0.717, 1.165) is 0 Å². The first-order chi connectivity index (χ1) is 15.9. The van der Waals surface area contributed by atoms with Gasteiger partial charge in [-0.25, -0.2) is 0 Å². The van der Waals surface area contributed by atoms with Crippen LogP contribution in [0.25, 0.3) is 0 Å². The molecule has 0 bridgehead atoms. The van der Waals surface area contributed by atoms with Crippen molar-refractivity contribution in [3.8, 4) is 11.5 Å². The smallest absolute Gasteiger partial charge is 0.303 e. The average molecular weight is 462 g/mol. The molecule has 9 heteroatoms. The SMILES string of the molecule is CC(=O)OCC(=O)c1ccc(OCCCO)cc1.O=C(CO)c1ccc(OCCCO)cc1. The minimum Gasteiger partial charge on any atom is -0.494 e. The second-order valence-electron chi connectivity index (χ2n) is 6.68. The topological polar surface area (TPSA) is 140 Å². The minimum absolute atomic E-state index is 0.0823. The highest BCUT2D eigenvalue weighted by Crippen LogP contribution is 2.13. The van der Waals surface area contributed by atoms with E-state index in [9.17, 15) is 14.4 Å². The van der Waals surface area contributed by atoms with E-state index in [1.807, 2.05) is 0 Å². The van der Waals surface area contributed by atoms with Crippen molar-refractivity contribution in [3.05, 3.63) is 59.7 Å². The Hall–Kier alpha value is -3.27. The van der Waals surface area contributed by atoms with Crippen LogP contribution in [-0.4, -0.2) is 72.5 Å². The highest BCUT2D eigenvalue weighted by atomic mass is 16.5. The van der Waals surface area contributed by atoms with E-state index in [-0.39, 0.29) is 31.4 Å². The highest BCUT2D eigenvalue weighted by molar-refractivity contribution is 5.98. The van der Waals surface area contributed by atoms with Gasteiger partial charge in [0.1, 0.15) is 18.1 Å². The van der Waals surface area contributed by atoms with E-state index in [0.29, 0.717) is 48.7 Å². The average Bonchev–Trinajstić information content (AvgIpc) is 2.83. The lowest BCUT2D eigenvalue weighted by molar-refractivity contribution is -0.139. The number of hydrogen-bond donors (Lipinski definition) is 3. The third kappa shape index (κ3) is 11.8. The van der Waals surface area contributed by atoms with Crippen LogP contribution in [0.4, 0.5) is 0 Å². The fourth-order valence-corrected chi connectivity index (χ4v) is 2.33. The van der Waals surface area contributed by atoms with Crippen LogP contribution in [0.1, 0.15) is 40.5 Å². The molecule has 0 atom stereocenters. The summed E-state index contributed by atoms with van der Waals surface area (Å²) >= 11 is 0. The third-order valence-electron chi connectivity index (χ3n) is 4.05. The first kappa shape index (κ1) is 27.8. The van der Waals surface area contributed by atoms with E-state index >= 15 is 0 Å². The molecule has 0 fully saturated rings. The predicted octanol–water partition coefficient (Wildman–Crippen LogP) is 1.82. The van der Waals surface area contributed by atoms with Gasteiger partial charge in [-0.3, -0.25) is 14.4 Å². The van der Waals surface area contributed by atoms with Crippen LogP contribution in [0.2, 0.25) is 0 Å². The molecule has 0 amide bonds. The molecule has 0 aliphatic rings. The Kier molecular flexibility index (Phi) is 13.8. The Morgan fingerprint density at radius 1 is 0.697 bits per heavy atom. The molecule has 2 aromatic rings. The summed E-state index contributed by atoms with van der Waals surface area (Å²) in [4.78, 5) is 33.2. The lowest BCUT2D eigenvalue weighted by Gasteiger charge is -2.06. The molecular weight excluding hydrogens is 432 g/mol. The van der Waals surface area contributed by atoms with Crippen molar-refractivity contribution >= 4 is 17.5 Å². The normalized spacial score (nSPS) is 9.94. The lowest BCUT2D eigenvalue weighted by atomic mass is 10.1. The van der Waals surface area contributed by atoms with Crippen molar-refractivity contribution in [3.63, 3.8) is 0 Å². The first-order valence-corrected chi connectivity index (χ1v) is 10.4. The van der Waals surface area contributed by atoms with Crippen molar-refractivity contribution in [1.29, 1.82) is 0 Å². The van der Waals surface area contributed by atoms with Crippen LogP contribution in [0.15, 0.2) is 48.5 Å². The minimum atomic E-state index is -0.481. The maximum atomic E-state index is 11.6. The molecule has 0 unspecified atom stereocenters. The van der Waals surface area contributed by atoms with E-state index < -0.39 is 12.6 Å². The summed E-state index contributed by atoms with van der Waals surface area (Å²) in [7, 11) is 0. The van der Waals surface area contributed by atoms with Gasteiger partial charge in [0, 0.05) is 44.1 Å². The number of aliphatic hydroxyl groups excluding tert-OH is 3. The van der Waals surface area contributed by atoms with E-state index in [4.69, 9.17) is 24.8 Å². The number of esters is 1. The molecule has 0 saturated carbocycles.